The van der Waals surface area contributed by atoms with Crippen LogP contribution in [0.15, 0.2) is 91.0 Å². The van der Waals surface area contributed by atoms with E-state index in [0.29, 0.717) is 0 Å². The summed E-state index contributed by atoms with van der Waals surface area (Å²) in [5.74, 6) is -1.39. The molecule has 3 aromatic carbocycles. The molecule has 1 aliphatic rings. The second-order valence-corrected chi connectivity index (χ2v) is 10.9. The highest BCUT2D eigenvalue weighted by atomic mass is 32.2. The van der Waals surface area contributed by atoms with Crippen LogP contribution in [-0.2, 0) is 43.7 Å². The summed E-state index contributed by atoms with van der Waals surface area (Å²) in [7, 11) is 0. The number of carbonyl (C=O) groups is 3. The normalized spacial score (nSPS) is 21.9. The zero-order valence-electron chi connectivity index (χ0n) is 24.6. The van der Waals surface area contributed by atoms with E-state index in [1.54, 1.807) is 0 Å². The number of rotatable bonds is 12. The van der Waals surface area contributed by atoms with E-state index in [1.165, 1.54) is 32.5 Å². The topological polar surface area (TPSA) is 109 Å². The Morgan fingerprint density at radius 1 is 0.767 bits per heavy atom. The average Bonchev–Trinajstić information content (AvgIpc) is 3.00. The third-order valence-electron chi connectivity index (χ3n) is 6.98. The van der Waals surface area contributed by atoms with E-state index in [4.69, 9.17) is 23.7 Å². The van der Waals surface area contributed by atoms with Crippen LogP contribution in [0.25, 0.3) is 0 Å². The summed E-state index contributed by atoms with van der Waals surface area (Å²) >= 11 is 1.43. The minimum absolute atomic E-state index is 0.0555. The van der Waals surface area contributed by atoms with Crippen molar-refractivity contribution in [1.29, 1.82) is 0 Å². The van der Waals surface area contributed by atoms with Crippen LogP contribution in [0.3, 0.4) is 0 Å². The van der Waals surface area contributed by atoms with E-state index in [9.17, 15) is 14.4 Å². The molecule has 5 atom stereocenters. The van der Waals surface area contributed by atoms with Gasteiger partial charge in [-0.15, -0.1) is 11.8 Å². The number of hydrogen-bond acceptors (Lipinski definition) is 9. The Morgan fingerprint density at radius 3 is 1.67 bits per heavy atom. The number of hydrogen-bond donors (Lipinski definition) is 1. The summed E-state index contributed by atoms with van der Waals surface area (Å²) < 4.78 is 30.7. The standard InChI is InChI=1S/C33H37NO8S/c1-22(35)34-29-31(40-23(2)36)30(38-21-43-4)28(42-32(29)41-24(3)37)20-39-33(25-14-8-5-9-15-25,26-16-10-6-11-17-26)27-18-12-7-13-19-27/h5-19,28-32H,20-21H2,1-4H3,(H,34,35). The van der Waals surface area contributed by atoms with E-state index in [1.807, 2.05) is 97.3 Å². The summed E-state index contributed by atoms with van der Waals surface area (Å²) in [6.07, 6.45) is -2.19. The number of thioether (sulfide) groups is 1. The van der Waals surface area contributed by atoms with Crippen LogP contribution < -0.4 is 5.32 Å². The highest BCUT2D eigenvalue weighted by molar-refractivity contribution is 7.98. The zero-order valence-corrected chi connectivity index (χ0v) is 25.5. The van der Waals surface area contributed by atoms with Gasteiger partial charge in [0.15, 0.2) is 6.10 Å². The second kappa shape index (κ2) is 15.2. The molecule has 4 rings (SSSR count). The highest BCUT2D eigenvalue weighted by Gasteiger charge is 2.51. The van der Waals surface area contributed by atoms with Crippen molar-refractivity contribution < 1.29 is 38.1 Å². The van der Waals surface area contributed by atoms with E-state index in [0.717, 1.165) is 16.7 Å². The molecule has 10 heteroatoms. The van der Waals surface area contributed by atoms with Gasteiger partial charge < -0.3 is 29.0 Å². The number of nitrogens with one attached hydrogen (secondary N) is 1. The second-order valence-electron chi connectivity index (χ2n) is 10.1. The minimum atomic E-state index is -1.27. The average molecular weight is 608 g/mol. The van der Waals surface area contributed by atoms with E-state index < -0.39 is 54.1 Å². The van der Waals surface area contributed by atoms with Gasteiger partial charge in [0.2, 0.25) is 12.2 Å². The molecule has 1 amide bonds. The predicted octanol–water partition coefficient (Wildman–Crippen LogP) is 4.43. The fraction of sp³-hybridized carbons (Fsp3) is 0.364. The van der Waals surface area contributed by atoms with Crippen LogP contribution in [0.4, 0.5) is 0 Å². The summed E-state index contributed by atoms with van der Waals surface area (Å²) in [5.41, 5.74) is 1.58. The summed E-state index contributed by atoms with van der Waals surface area (Å²) in [6, 6.07) is 28.5. The molecule has 228 valence electrons. The minimum Gasteiger partial charge on any atom is -0.457 e. The Hall–Kier alpha value is -3.70. The molecule has 1 heterocycles. The van der Waals surface area contributed by atoms with Crippen LogP contribution in [0.5, 0.6) is 0 Å². The van der Waals surface area contributed by atoms with Crippen molar-refractivity contribution in [3.05, 3.63) is 108 Å². The van der Waals surface area contributed by atoms with Gasteiger partial charge in [-0.2, -0.15) is 0 Å². The molecule has 1 N–H and O–H groups in total. The van der Waals surface area contributed by atoms with Crippen molar-refractivity contribution in [3.8, 4) is 0 Å². The Kier molecular flexibility index (Phi) is 11.4. The number of benzene rings is 3. The zero-order chi connectivity index (χ0) is 30.8. The summed E-state index contributed by atoms with van der Waals surface area (Å²) in [5, 5.41) is 2.72. The van der Waals surface area contributed by atoms with Crippen LogP contribution in [0.2, 0.25) is 0 Å². The quantitative estimate of drug-likeness (QED) is 0.182. The smallest absolute Gasteiger partial charge is 0.305 e. The molecule has 0 bridgehead atoms. The Balaban J connectivity index is 1.81. The molecular weight excluding hydrogens is 570 g/mol. The van der Waals surface area contributed by atoms with Crippen LogP contribution >= 0.6 is 11.8 Å². The van der Waals surface area contributed by atoms with Crippen molar-refractivity contribution >= 4 is 29.6 Å². The first-order valence-electron chi connectivity index (χ1n) is 13.9. The fourth-order valence-electron chi connectivity index (χ4n) is 5.35. The molecule has 1 fully saturated rings. The van der Waals surface area contributed by atoms with Gasteiger partial charge in [0.25, 0.3) is 0 Å². The van der Waals surface area contributed by atoms with Gasteiger partial charge in [0.1, 0.15) is 23.9 Å². The fourth-order valence-corrected chi connectivity index (χ4v) is 5.64. The van der Waals surface area contributed by atoms with E-state index in [2.05, 4.69) is 5.32 Å². The molecule has 1 aliphatic heterocycles. The molecule has 5 unspecified atom stereocenters. The Morgan fingerprint density at radius 2 is 1.26 bits per heavy atom. The number of esters is 2. The molecule has 43 heavy (non-hydrogen) atoms. The maximum absolute atomic E-state index is 12.3. The first-order chi connectivity index (χ1) is 20.8. The maximum atomic E-state index is 12.3. The molecule has 1 saturated heterocycles. The van der Waals surface area contributed by atoms with Gasteiger partial charge in [-0.3, -0.25) is 14.4 Å². The molecule has 0 radical (unpaired) electrons. The van der Waals surface area contributed by atoms with Crippen LogP contribution in [0.1, 0.15) is 37.5 Å². The maximum Gasteiger partial charge on any atom is 0.305 e. The monoisotopic (exact) mass is 607 g/mol. The lowest BCUT2D eigenvalue weighted by atomic mass is 9.80. The summed E-state index contributed by atoms with van der Waals surface area (Å²) in [4.78, 5) is 36.6. The van der Waals surface area contributed by atoms with Crippen molar-refractivity contribution in [3.63, 3.8) is 0 Å². The first-order valence-corrected chi connectivity index (χ1v) is 15.3. The number of amides is 1. The van der Waals surface area contributed by atoms with Crippen molar-refractivity contribution in [2.24, 2.45) is 0 Å². The van der Waals surface area contributed by atoms with Gasteiger partial charge in [0.05, 0.1) is 12.5 Å². The third kappa shape index (κ3) is 7.83. The largest absolute Gasteiger partial charge is 0.457 e. The van der Waals surface area contributed by atoms with Crippen molar-refractivity contribution in [2.75, 3.05) is 18.8 Å². The van der Waals surface area contributed by atoms with Gasteiger partial charge >= 0.3 is 11.9 Å². The molecule has 9 nitrogen and oxygen atoms in total. The van der Waals surface area contributed by atoms with E-state index in [-0.39, 0.29) is 12.5 Å². The molecule has 0 aromatic heterocycles. The third-order valence-corrected chi connectivity index (χ3v) is 7.36. The lowest BCUT2D eigenvalue weighted by Crippen LogP contribution is -2.66. The Labute approximate surface area is 256 Å². The van der Waals surface area contributed by atoms with Gasteiger partial charge in [-0.25, -0.2) is 0 Å². The van der Waals surface area contributed by atoms with Crippen LogP contribution in [-0.4, -0.2) is 67.3 Å². The highest BCUT2D eigenvalue weighted by Crippen LogP contribution is 2.41. The SMILES string of the molecule is CSCOC1C(COC(c2ccccc2)(c2ccccc2)c2ccccc2)OC(OC(C)=O)C(NC(C)=O)C1OC(C)=O. The molecule has 3 aromatic rings. The van der Waals surface area contributed by atoms with Crippen molar-refractivity contribution in [2.45, 2.75) is 57.0 Å². The number of ether oxygens (including phenoxy) is 5. The number of carbonyl (C=O) groups excluding carboxylic acids is 3. The molecule has 0 saturated carbocycles. The Bertz CT molecular complexity index is 1240. The lowest BCUT2D eigenvalue weighted by molar-refractivity contribution is -0.276. The lowest BCUT2D eigenvalue weighted by Gasteiger charge is -2.46. The van der Waals surface area contributed by atoms with Crippen LogP contribution in [0, 0.1) is 0 Å². The predicted molar refractivity (Wildman–Crippen MR) is 162 cm³/mol. The van der Waals surface area contributed by atoms with Gasteiger partial charge in [0, 0.05) is 20.8 Å². The van der Waals surface area contributed by atoms with Gasteiger partial charge in [-0.1, -0.05) is 91.0 Å². The van der Waals surface area contributed by atoms with Crippen molar-refractivity contribution in [1.82, 2.24) is 5.32 Å². The molecule has 0 spiro atoms. The van der Waals surface area contributed by atoms with E-state index >= 15 is 0 Å². The molecule has 0 aliphatic carbocycles. The first kappa shape index (κ1) is 32.2. The van der Waals surface area contributed by atoms with Gasteiger partial charge in [-0.05, 0) is 22.9 Å². The molecular formula is C33H37NO8S. The summed E-state index contributed by atoms with van der Waals surface area (Å²) in [6.45, 7) is 3.77.